The molecule has 0 aromatic carbocycles. The van der Waals surface area contributed by atoms with Gasteiger partial charge in [0, 0.05) is 50.9 Å². The number of amides is 1. The molecule has 7 nitrogen and oxygen atoms in total. The molecule has 1 aliphatic heterocycles. The Labute approximate surface area is 185 Å². The molecule has 1 aromatic rings. The van der Waals surface area contributed by atoms with Crippen LogP contribution in [-0.4, -0.2) is 60.7 Å². The Kier molecular flexibility index (Phi) is 9.93. The van der Waals surface area contributed by atoms with Gasteiger partial charge >= 0.3 is 6.18 Å². The molecule has 1 saturated heterocycles. The summed E-state index contributed by atoms with van der Waals surface area (Å²) in [5.41, 5.74) is 0.769. The van der Waals surface area contributed by atoms with Crippen LogP contribution < -0.4 is 15.4 Å². The molecule has 1 aromatic heterocycles. The zero-order valence-electron chi connectivity index (χ0n) is 16.6. The van der Waals surface area contributed by atoms with Crippen LogP contribution >= 0.6 is 24.0 Å². The summed E-state index contributed by atoms with van der Waals surface area (Å²) >= 11 is 0. The van der Waals surface area contributed by atoms with E-state index in [0.29, 0.717) is 19.0 Å². The van der Waals surface area contributed by atoms with Gasteiger partial charge in [-0.2, -0.15) is 13.2 Å². The second-order valence-electron chi connectivity index (χ2n) is 6.90. The van der Waals surface area contributed by atoms with Crippen LogP contribution in [0.2, 0.25) is 0 Å². The Hall–Kier alpha value is -1.79. The third kappa shape index (κ3) is 8.62. The summed E-state index contributed by atoms with van der Waals surface area (Å²) in [6, 6.07) is 3.15. The highest BCUT2D eigenvalue weighted by molar-refractivity contribution is 14.0. The summed E-state index contributed by atoms with van der Waals surface area (Å²) in [7, 11) is 1.65. The van der Waals surface area contributed by atoms with Crippen LogP contribution in [0.25, 0.3) is 0 Å². The maximum absolute atomic E-state index is 12.1. The first-order valence-electron chi connectivity index (χ1n) is 9.08. The number of hydrogen-bond acceptors (Lipinski definition) is 4. The average molecular weight is 529 g/mol. The van der Waals surface area contributed by atoms with Gasteiger partial charge in [-0.05, 0) is 12.0 Å². The average Bonchev–Trinajstić information content (AvgIpc) is 3.11. The first kappa shape index (κ1) is 25.2. The number of hydrogen-bond donors (Lipinski definition) is 2. The Morgan fingerprint density at radius 3 is 2.69 bits per heavy atom. The van der Waals surface area contributed by atoms with Gasteiger partial charge in [0.2, 0.25) is 11.8 Å². The lowest BCUT2D eigenvalue weighted by molar-refractivity contribution is -0.154. The third-order valence-corrected chi connectivity index (χ3v) is 4.20. The van der Waals surface area contributed by atoms with Crippen molar-refractivity contribution in [1.82, 2.24) is 20.5 Å². The number of carbonyl (C=O) groups excluding carboxylic acids is 1. The number of pyridine rings is 1. The molecule has 2 heterocycles. The van der Waals surface area contributed by atoms with Crippen molar-refractivity contribution < 1.29 is 22.7 Å². The molecule has 1 aliphatic rings. The van der Waals surface area contributed by atoms with E-state index in [1.54, 1.807) is 13.1 Å². The maximum atomic E-state index is 12.1. The molecule has 2 rings (SSSR count). The SMILES string of the molecule is CN=C(NCc1ccc(OCC(F)(F)F)nc1)NC1CCN(C(=O)C(C)C)C1.I. The van der Waals surface area contributed by atoms with Crippen molar-refractivity contribution in [1.29, 1.82) is 0 Å². The van der Waals surface area contributed by atoms with Crippen molar-refractivity contribution in [2.24, 2.45) is 10.9 Å². The van der Waals surface area contributed by atoms with E-state index in [-0.39, 0.29) is 47.7 Å². The maximum Gasteiger partial charge on any atom is 0.422 e. The van der Waals surface area contributed by atoms with Gasteiger partial charge in [0.05, 0.1) is 0 Å². The largest absolute Gasteiger partial charge is 0.468 e. The molecular formula is C18H27F3IN5O2. The summed E-state index contributed by atoms with van der Waals surface area (Å²) in [5.74, 6) is 0.628. The van der Waals surface area contributed by atoms with Crippen LogP contribution in [0, 0.1) is 5.92 Å². The van der Waals surface area contributed by atoms with Crippen LogP contribution in [0.5, 0.6) is 5.88 Å². The lowest BCUT2D eigenvalue weighted by atomic mass is 10.2. The van der Waals surface area contributed by atoms with Crippen LogP contribution in [0.15, 0.2) is 23.3 Å². The highest BCUT2D eigenvalue weighted by atomic mass is 127. The molecule has 164 valence electrons. The van der Waals surface area contributed by atoms with E-state index in [4.69, 9.17) is 0 Å². The topological polar surface area (TPSA) is 78.9 Å². The van der Waals surface area contributed by atoms with Gasteiger partial charge in [0.25, 0.3) is 0 Å². The van der Waals surface area contributed by atoms with Crippen LogP contribution in [0.4, 0.5) is 13.2 Å². The Bertz CT molecular complexity index is 683. The van der Waals surface area contributed by atoms with E-state index in [1.165, 1.54) is 12.3 Å². The van der Waals surface area contributed by atoms with E-state index in [0.717, 1.165) is 18.5 Å². The molecule has 1 unspecified atom stereocenters. The van der Waals surface area contributed by atoms with Crippen molar-refractivity contribution in [2.75, 3.05) is 26.7 Å². The quantitative estimate of drug-likeness (QED) is 0.337. The number of likely N-dealkylation sites (tertiary alicyclic amines) is 1. The fraction of sp³-hybridized carbons (Fsp3) is 0.611. The molecule has 11 heteroatoms. The van der Waals surface area contributed by atoms with Crippen molar-refractivity contribution in [3.63, 3.8) is 0 Å². The number of halogens is 4. The number of carbonyl (C=O) groups is 1. The first-order chi connectivity index (χ1) is 13.2. The standard InChI is InChI=1S/C18H26F3N5O2.HI/c1-12(2)16(27)26-7-6-14(10-26)25-17(22-3)24-9-13-4-5-15(23-8-13)28-11-18(19,20)21;/h4-5,8,12,14H,6-7,9-11H2,1-3H3,(H2,22,24,25);1H. The highest BCUT2D eigenvalue weighted by Crippen LogP contribution is 2.17. The molecule has 0 saturated carbocycles. The van der Waals surface area contributed by atoms with Crippen molar-refractivity contribution in [2.45, 2.75) is 39.0 Å². The lowest BCUT2D eigenvalue weighted by Gasteiger charge is -2.20. The van der Waals surface area contributed by atoms with Crippen LogP contribution in [-0.2, 0) is 11.3 Å². The highest BCUT2D eigenvalue weighted by Gasteiger charge is 2.29. The predicted octanol–water partition coefficient (Wildman–Crippen LogP) is 2.56. The van der Waals surface area contributed by atoms with Gasteiger partial charge in [-0.1, -0.05) is 19.9 Å². The number of aliphatic imine (C=N–C) groups is 1. The minimum Gasteiger partial charge on any atom is -0.468 e. The summed E-state index contributed by atoms with van der Waals surface area (Å²) in [6.07, 6.45) is -2.10. The van der Waals surface area contributed by atoms with E-state index in [1.807, 2.05) is 18.7 Å². The van der Waals surface area contributed by atoms with Crippen molar-refractivity contribution in [3.05, 3.63) is 23.9 Å². The second kappa shape index (κ2) is 11.4. The Morgan fingerprint density at radius 1 is 1.41 bits per heavy atom. The van der Waals surface area contributed by atoms with E-state index in [2.05, 4.69) is 25.3 Å². The van der Waals surface area contributed by atoms with Gasteiger partial charge in [-0.25, -0.2) is 4.98 Å². The van der Waals surface area contributed by atoms with E-state index < -0.39 is 12.8 Å². The van der Waals surface area contributed by atoms with E-state index in [9.17, 15) is 18.0 Å². The Morgan fingerprint density at radius 2 is 2.14 bits per heavy atom. The summed E-state index contributed by atoms with van der Waals surface area (Å²) < 4.78 is 41.0. The molecule has 2 N–H and O–H groups in total. The molecule has 0 bridgehead atoms. The summed E-state index contributed by atoms with van der Waals surface area (Å²) in [5, 5.41) is 6.41. The van der Waals surface area contributed by atoms with Gasteiger partial charge < -0.3 is 20.3 Å². The van der Waals surface area contributed by atoms with Crippen molar-refractivity contribution in [3.8, 4) is 5.88 Å². The second-order valence-corrected chi connectivity index (χ2v) is 6.90. The van der Waals surface area contributed by atoms with Gasteiger partial charge in [0.15, 0.2) is 12.6 Å². The fourth-order valence-electron chi connectivity index (χ4n) is 2.77. The summed E-state index contributed by atoms with van der Waals surface area (Å²) in [4.78, 5) is 21.9. The third-order valence-electron chi connectivity index (χ3n) is 4.20. The monoisotopic (exact) mass is 529 g/mol. The Balaban J connectivity index is 0.00000420. The lowest BCUT2D eigenvalue weighted by Crippen LogP contribution is -2.45. The number of ether oxygens (including phenoxy) is 1. The first-order valence-corrected chi connectivity index (χ1v) is 9.08. The zero-order valence-corrected chi connectivity index (χ0v) is 19.0. The van der Waals surface area contributed by atoms with Gasteiger partial charge in [-0.3, -0.25) is 9.79 Å². The molecule has 1 fully saturated rings. The van der Waals surface area contributed by atoms with Gasteiger partial charge in [0.1, 0.15) is 0 Å². The number of aromatic nitrogens is 1. The molecule has 1 atom stereocenters. The minimum atomic E-state index is -4.39. The van der Waals surface area contributed by atoms with Crippen LogP contribution in [0.3, 0.4) is 0 Å². The zero-order chi connectivity index (χ0) is 20.7. The van der Waals surface area contributed by atoms with E-state index >= 15 is 0 Å². The van der Waals surface area contributed by atoms with Gasteiger partial charge in [-0.15, -0.1) is 24.0 Å². The number of alkyl halides is 3. The molecular weight excluding hydrogens is 502 g/mol. The van der Waals surface area contributed by atoms with Crippen LogP contribution in [0.1, 0.15) is 25.8 Å². The predicted molar refractivity (Wildman–Crippen MR) is 114 cm³/mol. The molecule has 0 radical (unpaired) electrons. The smallest absolute Gasteiger partial charge is 0.422 e. The number of nitrogens with zero attached hydrogens (tertiary/aromatic N) is 3. The molecule has 29 heavy (non-hydrogen) atoms. The number of rotatable bonds is 6. The molecule has 1 amide bonds. The minimum absolute atomic E-state index is 0. The fourth-order valence-corrected chi connectivity index (χ4v) is 2.77. The number of guanidine groups is 1. The van der Waals surface area contributed by atoms with Crippen molar-refractivity contribution >= 4 is 35.8 Å². The normalized spacial score (nSPS) is 17.1. The number of nitrogens with one attached hydrogen (secondary N) is 2. The summed E-state index contributed by atoms with van der Waals surface area (Å²) in [6.45, 7) is 4.15. The molecule has 0 aliphatic carbocycles. The molecule has 0 spiro atoms.